The quantitative estimate of drug-likeness (QED) is 0.492. The lowest BCUT2D eigenvalue weighted by molar-refractivity contribution is 0.0951. The molecule has 1 atom stereocenters. The summed E-state index contributed by atoms with van der Waals surface area (Å²) in [7, 11) is -1.09. The van der Waals surface area contributed by atoms with Crippen molar-refractivity contribution in [3.8, 4) is 16.9 Å². The molecule has 4 rings (SSSR count). The van der Waals surface area contributed by atoms with E-state index in [1.165, 1.54) is 12.1 Å². The summed E-state index contributed by atoms with van der Waals surface area (Å²) in [5.41, 5.74) is 3.59. The zero-order valence-corrected chi connectivity index (χ0v) is 17.6. The summed E-state index contributed by atoms with van der Waals surface area (Å²) in [5.74, 6) is -0.566. The summed E-state index contributed by atoms with van der Waals surface area (Å²) < 4.78 is 26.7. The molecule has 0 radical (unpaired) electrons. The normalized spacial score (nSPS) is 11.8. The van der Waals surface area contributed by atoms with E-state index in [2.05, 4.69) is 10.4 Å². The van der Waals surface area contributed by atoms with Gasteiger partial charge in [0.2, 0.25) is 0 Å². The second kappa shape index (κ2) is 9.06. The van der Waals surface area contributed by atoms with E-state index < -0.39 is 10.8 Å². The first-order valence-corrected chi connectivity index (χ1v) is 11.2. The number of para-hydroxylation sites is 1. The number of aromatic nitrogens is 2. The van der Waals surface area contributed by atoms with Gasteiger partial charge in [-0.15, -0.1) is 0 Å². The van der Waals surface area contributed by atoms with Gasteiger partial charge in [0.05, 0.1) is 11.4 Å². The van der Waals surface area contributed by atoms with Crippen LogP contribution in [0.4, 0.5) is 4.39 Å². The summed E-state index contributed by atoms with van der Waals surface area (Å²) in [6, 6.07) is 22.4. The Kier molecular flexibility index (Phi) is 6.04. The Morgan fingerprint density at radius 2 is 1.68 bits per heavy atom. The molecule has 0 saturated carbocycles. The van der Waals surface area contributed by atoms with Crippen LogP contribution >= 0.6 is 0 Å². The highest BCUT2D eigenvalue weighted by Crippen LogP contribution is 2.24. The molecule has 0 aliphatic carbocycles. The smallest absolute Gasteiger partial charge is 0.251 e. The summed E-state index contributed by atoms with van der Waals surface area (Å²) in [5, 5.41) is 7.58. The number of hydrogen-bond acceptors (Lipinski definition) is 3. The third-order valence-electron chi connectivity index (χ3n) is 4.82. The maximum atomic E-state index is 13.4. The van der Waals surface area contributed by atoms with Gasteiger partial charge in [0, 0.05) is 51.4 Å². The molecule has 1 heterocycles. The van der Waals surface area contributed by atoms with Crippen LogP contribution in [-0.2, 0) is 17.3 Å². The van der Waals surface area contributed by atoms with Gasteiger partial charge in [0.1, 0.15) is 5.82 Å². The third kappa shape index (κ3) is 4.78. The molecular formula is C24H20FN3O2S. The second-order valence-electron chi connectivity index (χ2n) is 6.95. The van der Waals surface area contributed by atoms with E-state index in [-0.39, 0.29) is 18.3 Å². The molecule has 0 saturated heterocycles. The number of nitrogens with zero attached hydrogens (tertiary/aromatic N) is 2. The van der Waals surface area contributed by atoms with E-state index in [9.17, 15) is 13.4 Å². The van der Waals surface area contributed by atoms with E-state index in [4.69, 9.17) is 0 Å². The predicted octanol–water partition coefficient (Wildman–Crippen LogP) is 4.35. The van der Waals surface area contributed by atoms with Crippen LogP contribution in [0.3, 0.4) is 0 Å². The molecule has 1 N–H and O–H groups in total. The number of carbonyl (C=O) groups is 1. The molecule has 7 heteroatoms. The van der Waals surface area contributed by atoms with Crippen molar-refractivity contribution < 1.29 is 13.4 Å². The standard InChI is InChI=1S/C24H20FN3O2S/c1-31(30)22-13-9-18(10-14-22)24(29)26-15-19-16-28(21-5-3-2-4-6-21)27-23(19)17-7-11-20(25)12-8-17/h2-14,16H,15H2,1H3,(H,26,29). The highest BCUT2D eigenvalue weighted by molar-refractivity contribution is 7.84. The Morgan fingerprint density at radius 1 is 1.00 bits per heavy atom. The SMILES string of the molecule is CS(=O)c1ccc(C(=O)NCc2cn(-c3ccccc3)nc2-c2ccc(F)cc2)cc1. The Hall–Kier alpha value is -3.58. The fourth-order valence-electron chi connectivity index (χ4n) is 3.18. The Balaban J connectivity index is 1.60. The van der Waals surface area contributed by atoms with Crippen LogP contribution < -0.4 is 5.32 Å². The van der Waals surface area contributed by atoms with Gasteiger partial charge in [-0.1, -0.05) is 18.2 Å². The van der Waals surface area contributed by atoms with Crippen LogP contribution in [0, 0.1) is 5.82 Å². The van der Waals surface area contributed by atoms with Crippen LogP contribution in [0.5, 0.6) is 0 Å². The molecule has 1 amide bonds. The minimum atomic E-state index is -1.09. The first kappa shape index (κ1) is 20.7. The molecule has 156 valence electrons. The van der Waals surface area contributed by atoms with Crippen molar-refractivity contribution in [2.75, 3.05) is 6.26 Å². The van der Waals surface area contributed by atoms with Crippen molar-refractivity contribution in [1.82, 2.24) is 15.1 Å². The summed E-state index contributed by atoms with van der Waals surface area (Å²) in [4.78, 5) is 13.3. The van der Waals surface area contributed by atoms with Crippen molar-refractivity contribution in [3.63, 3.8) is 0 Å². The molecule has 5 nitrogen and oxygen atoms in total. The topological polar surface area (TPSA) is 64.0 Å². The van der Waals surface area contributed by atoms with Gasteiger partial charge in [-0.3, -0.25) is 9.00 Å². The fourth-order valence-corrected chi connectivity index (χ4v) is 3.70. The number of hydrogen-bond donors (Lipinski definition) is 1. The van der Waals surface area contributed by atoms with Gasteiger partial charge in [0.25, 0.3) is 5.91 Å². The molecule has 31 heavy (non-hydrogen) atoms. The fraction of sp³-hybridized carbons (Fsp3) is 0.0833. The van der Waals surface area contributed by atoms with Crippen LogP contribution in [0.1, 0.15) is 15.9 Å². The molecule has 4 aromatic rings. The first-order chi connectivity index (χ1) is 15.0. The third-order valence-corrected chi connectivity index (χ3v) is 5.75. The zero-order valence-electron chi connectivity index (χ0n) is 16.8. The van der Waals surface area contributed by atoms with Gasteiger partial charge in [-0.25, -0.2) is 9.07 Å². The van der Waals surface area contributed by atoms with Crippen LogP contribution in [0.2, 0.25) is 0 Å². The number of benzene rings is 3. The monoisotopic (exact) mass is 433 g/mol. The molecule has 0 aliphatic heterocycles. The number of amides is 1. The molecule has 1 unspecified atom stereocenters. The lowest BCUT2D eigenvalue weighted by Crippen LogP contribution is -2.22. The molecular weight excluding hydrogens is 413 g/mol. The van der Waals surface area contributed by atoms with E-state index in [0.29, 0.717) is 16.2 Å². The maximum absolute atomic E-state index is 13.4. The van der Waals surface area contributed by atoms with E-state index in [1.807, 2.05) is 36.5 Å². The van der Waals surface area contributed by atoms with Crippen LogP contribution in [0.25, 0.3) is 16.9 Å². The Bertz CT molecular complexity index is 1220. The van der Waals surface area contributed by atoms with Gasteiger partial charge >= 0.3 is 0 Å². The first-order valence-electron chi connectivity index (χ1n) is 9.63. The molecule has 3 aromatic carbocycles. The maximum Gasteiger partial charge on any atom is 0.251 e. The number of carbonyl (C=O) groups excluding carboxylic acids is 1. The predicted molar refractivity (Wildman–Crippen MR) is 119 cm³/mol. The highest BCUT2D eigenvalue weighted by atomic mass is 32.2. The Labute approximate surface area is 182 Å². The highest BCUT2D eigenvalue weighted by Gasteiger charge is 2.14. The lowest BCUT2D eigenvalue weighted by atomic mass is 10.1. The van der Waals surface area contributed by atoms with Crippen molar-refractivity contribution in [3.05, 3.63) is 102 Å². The van der Waals surface area contributed by atoms with Crippen molar-refractivity contribution >= 4 is 16.7 Å². The molecule has 0 bridgehead atoms. The molecule has 0 fully saturated rings. The van der Waals surface area contributed by atoms with Gasteiger partial charge in [0.15, 0.2) is 0 Å². The summed E-state index contributed by atoms with van der Waals surface area (Å²) >= 11 is 0. The Morgan fingerprint density at radius 3 is 2.32 bits per heavy atom. The van der Waals surface area contributed by atoms with Crippen LogP contribution in [0.15, 0.2) is 90.0 Å². The van der Waals surface area contributed by atoms with E-state index in [1.54, 1.807) is 47.3 Å². The van der Waals surface area contributed by atoms with Crippen LogP contribution in [-0.4, -0.2) is 26.2 Å². The molecule has 0 spiro atoms. The van der Waals surface area contributed by atoms with E-state index in [0.717, 1.165) is 16.8 Å². The number of halogens is 1. The van der Waals surface area contributed by atoms with Gasteiger partial charge < -0.3 is 5.32 Å². The number of rotatable bonds is 6. The minimum absolute atomic E-state index is 0.244. The van der Waals surface area contributed by atoms with Gasteiger partial charge in [-0.2, -0.15) is 5.10 Å². The van der Waals surface area contributed by atoms with E-state index >= 15 is 0 Å². The number of nitrogens with one attached hydrogen (secondary N) is 1. The lowest BCUT2D eigenvalue weighted by Gasteiger charge is -2.06. The minimum Gasteiger partial charge on any atom is -0.348 e. The van der Waals surface area contributed by atoms with Gasteiger partial charge in [-0.05, 0) is 60.7 Å². The van der Waals surface area contributed by atoms with Crippen molar-refractivity contribution in [2.24, 2.45) is 0 Å². The average Bonchev–Trinajstić information content (AvgIpc) is 3.23. The van der Waals surface area contributed by atoms with Crippen molar-refractivity contribution in [2.45, 2.75) is 11.4 Å². The molecule has 0 aliphatic rings. The molecule has 1 aromatic heterocycles. The summed E-state index contributed by atoms with van der Waals surface area (Å²) in [6.07, 6.45) is 3.45. The van der Waals surface area contributed by atoms with Crippen molar-refractivity contribution in [1.29, 1.82) is 0 Å². The average molecular weight is 434 g/mol. The zero-order chi connectivity index (χ0) is 21.8. The summed E-state index contributed by atoms with van der Waals surface area (Å²) in [6.45, 7) is 0.250. The second-order valence-corrected chi connectivity index (χ2v) is 8.33. The largest absolute Gasteiger partial charge is 0.348 e.